The van der Waals surface area contributed by atoms with E-state index in [1.807, 2.05) is 24.3 Å². The van der Waals surface area contributed by atoms with Gasteiger partial charge in [0.05, 0.1) is 5.69 Å². The van der Waals surface area contributed by atoms with E-state index in [2.05, 4.69) is 181 Å². The van der Waals surface area contributed by atoms with Gasteiger partial charge in [-0.05, 0) is 105 Å². The van der Waals surface area contributed by atoms with E-state index in [1.165, 1.54) is 21.9 Å². The van der Waals surface area contributed by atoms with Crippen LogP contribution in [0.3, 0.4) is 0 Å². The molecule has 0 unspecified atom stereocenters. The van der Waals surface area contributed by atoms with Crippen molar-refractivity contribution < 1.29 is 8.83 Å². The quantitative estimate of drug-likeness (QED) is 0.173. The van der Waals surface area contributed by atoms with Crippen LogP contribution in [0.4, 0.5) is 17.1 Å². The van der Waals surface area contributed by atoms with Crippen molar-refractivity contribution in [1.82, 2.24) is 0 Å². The van der Waals surface area contributed by atoms with Crippen LogP contribution < -0.4 is 4.90 Å². The standard InChI is InChI=1S/C52H33NO2/c1-2-15-41-35(11-1)12-10-19-42(41)37-13-9-14-38(31-37)43-16-3-6-20-48(43)53(40-28-30-52-47(33-40)45-18-5-8-22-50(45)55-52)39-26-23-34(24-27-39)36-25-29-51-46(32-36)44-17-4-7-21-49(44)54-51/h1-33H. The van der Waals surface area contributed by atoms with Gasteiger partial charge in [-0.1, -0.05) is 133 Å². The van der Waals surface area contributed by atoms with E-state index in [0.717, 1.165) is 83.2 Å². The molecule has 0 saturated carbocycles. The highest BCUT2D eigenvalue weighted by atomic mass is 16.3. The second kappa shape index (κ2) is 12.6. The van der Waals surface area contributed by atoms with Crippen LogP contribution in [0.1, 0.15) is 0 Å². The highest BCUT2D eigenvalue weighted by Gasteiger charge is 2.20. The summed E-state index contributed by atoms with van der Waals surface area (Å²) in [5.41, 5.74) is 13.8. The Morgan fingerprint density at radius 2 is 0.818 bits per heavy atom. The Kier molecular flexibility index (Phi) is 7.17. The van der Waals surface area contributed by atoms with Crippen LogP contribution in [0, 0.1) is 0 Å². The molecular formula is C52H33NO2. The van der Waals surface area contributed by atoms with Gasteiger partial charge in [0, 0.05) is 38.5 Å². The molecule has 11 aromatic rings. The Morgan fingerprint density at radius 3 is 1.60 bits per heavy atom. The fourth-order valence-corrected chi connectivity index (χ4v) is 8.23. The van der Waals surface area contributed by atoms with Crippen LogP contribution in [0.15, 0.2) is 209 Å². The Balaban J connectivity index is 1.06. The van der Waals surface area contributed by atoms with E-state index < -0.39 is 0 Å². The van der Waals surface area contributed by atoms with Gasteiger partial charge in [0.2, 0.25) is 0 Å². The molecule has 9 aromatic carbocycles. The van der Waals surface area contributed by atoms with Crippen molar-refractivity contribution >= 4 is 71.7 Å². The molecule has 3 nitrogen and oxygen atoms in total. The third-order valence-electron chi connectivity index (χ3n) is 10.9. The van der Waals surface area contributed by atoms with Gasteiger partial charge in [0.15, 0.2) is 0 Å². The van der Waals surface area contributed by atoms with Gasteiger partial charge in [-0.25, -0.2) is 0 Å². The first kappa shape index (κ1) is 31.2. The number of rotatable bonds is 6. The lowest BCUT2D eigenvalue weighted by Crippen LogP contribution is -2.11. The van der Waals surface area contributed by atoms with E-state index in [1.54, 1.807) is 0 Å². The summed E-state index contributed by atoms with van der Waals surface area (Å²) in [5, 5.41) is 6.93. The van der Waals surface area contributed by atoms with Crippen molar-refractivity contribution in [1.29, 1.82) is 0 Å². The van der Waals surface area contributed by atoms with Crippen molar-refractivity contribution in [3.05, 3.63) is 200 Å². The number of furan rings is 2. The normalized spacial score (nSPS) is 11.6. The maximum absolute atomic E-state index is 6.27. The van der Waals surface area contributed by atoms with Gasteiger partial charge in [-0.2, -0.15) is 0 Å². The number of hydrogen-bond donors (Lipinski definition) is 0. The molecule has 0 fully saturated rings. The van der Waals surface area contributed by atoms with Crippen LogP contribution in [0.25, 0.3) is 88.0 Å². The Morgan fingerprint density at radius 1 is 0.291 bits per heavy atom. The Hall–Kier alpha value is -7.36. The van der Waals surface area contributed by atoms with Crippen LogP contribution in [0.5, 0.6) is 0 Å². The smallest absolute Gasteiger partial charge is 0.135 e. The number of nitrogens with zero attached hydrogens (tertiary/aromatic N) is 1. The highest BCUT2D eigenvalue weighted by molar-refractivity contribution is 6.08. The first-order valence-corrected chi connectivity index (χ1v) is 18.7. The van der Waals surface area contributed by atoms with Crippen molar-refractivity contribution in [3.8, 4) is 33.4 Å². The fraction of sp³-hybridized carbons (Fsp3) is 0. The summed E-state index contributed by atoms with van der Waals surface area (Å²) >= 11 is 0. The number of anilines is 3. The molecule has 0 aliphatic heterocycles. The maximum atomic E-state index is 6.27. The van der Waals surface area contributed by atoms with E-state index in [0.29, 0.717) is 0 Å². The fourth-order valence-electron chi connectivity index (χ4n) is 8.23. The van der Waals surface area contributed by atoms with Gasteiger partial charge in [-0.15, -0.1) is 0 Å². The van der Waals surface area contributed by atoms with Crippen molar-refractivity contribution in [2.45, 2.75) is 0 Å². The Bertz CT molecular complexity index is 3220. The zero-order valence-electron chi connectivity index (χ0n) is 29.8. The van der Waals surface area contributed by atoms with E-state index in [4.69, 9.17) is 8.83 Å². The van der Waals surface area contributed by atoms with Crippen LogP contribution >= 0.6 is 0 Å². The number of hydrogen-bond acceptors (Lipinski definition) is 3. The van der Waals surface area contributed by atoms with E-state index in [9.17, 15) is 0 Å². The molecule has 11 rings (SSSR count). The van der Waals surface area contributed by atoms with Gasteiger partial charge in [0.1, 0.15) is 22.3 Å². The molecule has 2 heterocycles. The molecule has 0 bridgehead atoms. The second-order valence-corrected chi connectivity index (χ2v) is 14.1. The summed E-state index contributed by atoms with van der Waals surface area (Å²) in [6, 6.07) is 71.2. The molecule has 2 aromatic heterocycles. The zero-order valence-corrected chi connectivity index (χ0v) is 29.8. The molecular weight excluding hydrogens is 671 g/mol. The molecule has 0 aliphatic rings. The second-order valence-electron chi connectivity index (χ2n) is 14.1. The van der Waals surface area contributed by atoms with Crippen LogP contribution in [0.2, 0.25) is 0 Å². The first-order chi connectivity index (χ1) is 27.2. The van der Waals surface area contributed by atoms with Crippen molar-refractivity contribution in [3.63, 3.8) is 0 Å². The molecule has 3 heteroatoms. The molecule has 0 N–H and O–H groups in total. The molecule has 258 valence electrons. The zero-order chi connectivity index (χ0) is 36.3. The minimum atomic E-state index is 0.874. The van der Waals surface area contributed by atoms with Crippen molar-refractivity contribution in [2.24, 2.45) is 0 Å². The third-order valence-corrected chi connectivity index (χ3v) is 10.9. The van der Waals surface area contributed by atoms with Gasteiger partial charge in [0.25, 0.3) is 0 Å². The largest absolute Gasteiger partial charge is 0.456 e. The lowest BCUT2D eigenvalue weighted by Gasteiger charge is -2.28. The molecule has 0 saturated heterocycles. The van der Waals surface area contributed by atoms with Crippen molar-refractivity contribution in [2.75, 3.05) is 4.90 Å². The molecule has 0 atom stereocenters. The van der Waals surface area contributed by atoms with E-state index in [-0.39, 0.29) is 0 Å². The molecule has 0 spiro atoms. The molecule has 0 amide bonds. The number of benzene rings is 9. The highest BCUT2D eigenvalue weighted by Crippen LogP contribution is 2.44. The SMILES string of the molecule is c1cc(-c2ccccc2N(c2ccc(-c3ccc4oc5ccccc5c4c3)cc2)c2ccc3oc4ccccc4c3c2)cc(-c2cccc3ccccc23)c1. The predicted molar refractivity (Wildman–Crippen MR) is 229 cm³/mol. The third kappa shape index (κ3) is 5.28. The Labute approximate surface area is 317 Å². The summed E-state index contributed by atoms with van der Waals surface area (Å²) in [6.45, 7) is 0. The average Bonchev–Trinajstić information content (AvgIpc) is 3.82. The first-order valence-electron chi connectivity index (χ1n) is 18.7. The lowest BCUT2D eigenvalue weighted by molar-refractivity contribution is 0.668. The summed E-state index contributed by atoms with van der Waals surface area (Å²) in [4.78, 5) is 2.37. The summed E-state index contributed by atoms with van der Waals surface area (Å²) in [6.07, 6.45) is 0. The molecule has 0 radical (unpaired) electrons. The average molecular weight is 704 g/mol. The number of para-hydroxylation sites is 3. The van der Waals surface area contributed by atoms with Crippen LogP contribution in [-0.4, -0.2) is 0 Å². The summed E-state index contributed by atoms with van der Waals surface area (Å²) in [5.74, 6) is 0. The summed E-state index contributed by atoms with van der Waals surface area (Å²) in [7, 11) is 0. The van der Waals surface area contributed by atoms with Gasteiger partial charge < -0.3 is 13.7 Å². The maximum Gasteiger partial charge on any atom is 0.135 e. The monoisotopic (exact) mass is 703 g/mol. The van der Waals surface area contributed by atoms with E-state index >= 15 is 0 Å². The topological polar surface area (TPSA) is 29.5 Å². The summed E-state index contributed by atoms with van der Waals surface area (Å²) < 4.78 is 12.4. The van der Waals surface area contributed by atoms with Crippen LogP contribution in [-0.2, 0) is 0 Å². The lowest BCUT2D eigenvalue weighted by atomic mass is 9.94. The molecule has 0 aliphatic carbocycles. The van der Waals surface area contributed by atoms with Gasteiger partial charge in [-0.3, -0.25) is 0 Å². The molecule has 55 heavy (non-hydrogen) atoms. The van der Waals surface area contributed by atoms with Gasteiger partial charge >= 0.3 is 0 Å². The number of fused-ring (bicyclic) bond motifs is 7. The predicted octanol–water partition coefficient (Wildman–Crippen LogP) is 15.1. The minimum Gasteiger partial charge on any atom is -0.456 e. The minimum absolute atomic E-state index is 0.874.